The van der Waals surface area contributed by atoms with Crippen molar-refractivity contribution in [3.8, 4) is 17.3 Å². The molecule has 0 aliphatic heterocycles. The number of hydrogen-bond donors (Lipinski definition) is 3. The van der Waals surface area contributed by atoms with E-state index in [-0.39, 0.29) is 6.61 Å². The molecule has 0 aliphatic carbocycles. The molecule has 144 valence electrons. The molecule has 29 heavy (non-hydrogen) atoms. The number of H-pyrrole nitrogens is 1. The van der Waals surface area contributed by atoms with Crippen LogP contribution in [0.15, 0.2) is 49.1 Å². The maximum atomic E-state index is 9.11. The predicted molar refractivity (Wildman–Crippen MR) is 110 cm³/mol. The molecule has 0 radical (unpaired) electrons. The zero-order chi connectivity index (χ0) is 19.8. The van der Waals surface area contributed by atoms with Crippen molar-refractivity contribution < 1.29 is 5.11 Å². The molecule has 9 nitrogen and oxygen atoms in total. The number of hydrogen-bond acceptors (Lipinski definition) is 7. The van der Waals surface area contributed by atoms with E-state index in [4.69, 9.17) is 10.1 Å². The second-order valence-electron chi connectivity index (χ2n) is 6.56. The zero-order valence-corrected chi connectivity index (χ0v) is 15.7. The number of anilines is 1. The molecule has 5 aromatic rings. The number of nitrogens with one attached hydrogen (secondary N) is 2. The highest BCUT2D eigenvalue weighted by atomic mass is 16.3. The summed E-state index contributed by atoms with van der Waals surface area (Å²) in [7, 11) is 0. The van der Waals surface area contributed by atoms with Gasteiger partial charge in [0.1, 0.15) is 11.5 Å². The largest absolute Gasteiger partial charge is 0.395 e. The van der Waals surface area contributed by atoms with Crippen molar-refractivity contribution in [2.75, 3.05) is 18.5 Å². The van der Waals surface area contributed by atoms with Crippen LogP contribution >= 0.6 is 0 Å². The lowest BCUT2D eigenvalue weighted by molar-refractivity contribution is 0.311. The highest BCUT2D eigenvalue weighted by molar-refractivity contribution is 5.93. The van der Waals surface area contributed by atoms with Gasteiger partial charge < -0.3 is 15.4 Å². The van der Waals surface area contributed by atoms with Crippen LogP contribution in [-0.2, 0) is 0 Å². The number of imidazole rings is 1. The molecule has 0 atom stereocenters. The average Bonchev–Trinajstić information content (AvgIpc) is 3.38. The standard InChI is InChI=1S/C20H18N8O/c1-12-3-2-4-14(25-12)18-26-19-16(23-11-24-19)20(27-18)28-9-6-13-15(28)5-7-21-17(13)22-8-10-29/h2-7,9,11,29H,8,10H2,1H3,(H,21,22)(H,23,24,26,27). The monoisotopic (exact) mass is 386 g/mol. The van der Waals surface area contributed by atoms with Crippen molar-refractivity contribution in [3.05, 3.63) is 54.7 Å². The third kappa shape index (κ3) is 2.97. The summed E-state index contributed by atoms with van der Waals surface area (Å²) in [5.41, 5.74) is 3.83. The Hall–Kier alpha value is -3.85. The minimum atomic E-state index is 0.0332. The van der Waals surface area contributed by atoms with Gasteiger partial charge in [-0.1, -0.05) is 6.07 Å². The Morgan fingerprint density at radius 3 is 2.90 bits per heavy atom. The predicted octanol–water partition coefficient (Wildman–Crippen LogP) is 2.47. The van der Waals surface area contributed by atoms with Crippen molar-refractivity contribution >= 4 is 27.9 Å². The molecule has 0 spiro atoms. The van der Waals surface area contributed by atoms with E-state index in [1.807, 2.05) is 48.0 Å². The SMILES string of the molecule is Cc1cccc(-c2nc(-n3ccc4c(NCCO)nccc43)c3nc[nH]c3n2)n1. The number of aliphatic hydroxyl groups excluding tert-OH is 1. The summed E-state index contributed by atoms with van der Waals surface area (Å²) in [5, 5.41) is 13.2. The van der Waals surface area contributed by atoms with Gasteiger partial charge in [-0.2, -0.15) is 0 Å². The molecule has 0 bridgehead atoms. The van der Waals surface area contributed by atoms with E-state index in [1.165, 1.54) is 0 Å². The Morgan fingerprint density at radius 1 is 1.10 bits per heavy atom. The van der Waals surface area contributed by atoms with E-state index in [9.17, 15) is 0 Å². The van der Waals surface area contributed by atoms with Crippen LogP contribution in [-0.4, -0.2) is 52.7 Å². The van der Waals surface area contributed by atoms with Gasteiger partial charge in [0.2, 0.25) is 0 Å². The second-order valence-corrected chi connectivity index (χ2v) is 6.56. The first-order chi connectivity index (χ1) is 14.2. The van der Waals surface area contributed by atoms with Gasteiger partial charge in [0, 0.05) is 30.0 Å². The molecular weight excluding hydrogens is 368 g/mol. The van der Waals surface area contributed by atoms with Gasteiger partial charge in [0.25, 0.3) is 0 Å². The Kier molecular flexibility index (Phi) is 4.14. The number of pyridine rings is 2. The van der Waals surface area contributed by atoms with Crippen LogP contribution in [0.4, 0.5) is 5.82 Å². The van der Waals surface area contributed by atoms with Gasteiger partial charge in [-0.3, -0.25) is 4.57 Å². The summed E-state index contributed by atoms with van der Waals surface area (Å²) in [6.07, 6.45) is 5.27. The van der Waals surface area contributed by atoms with Crippen LogP contribution in [0.5, 0.6) is 0 Å². The third-order valence-electron chi connectivity index (χ3n) is 4.63. The molecule has 5 aromatic heterocycles. The second kappa shape index (κ2) is 6.95. The molecule has 0 unspecified atom stereocenters. The number of aryl methyl sites for hydroxylation is 1. The van der Waals surface area contributed by atoms with E-state index in [1.54, 1.807) is 12.5 Å². The first-order valence-corrected chi connectivity index (χ1v) is 9.21. The van der Waals surface area contributed by atoms with E-state index >= 15 is 0 Å². The third-order valence-corrected chi connectivity index (χ3v) is 4.63. The smallest absolute Gasteiger partial charge is 0.182 e. The van der Waals surface area contributed by atoms with Crippen molar-refractivity contribution in [2.24, 2.45) is 0 Å². The number of aromatic amines is 1. The summed E-state index contributed by atoms with van der Waals surface area (Å²) >= 11 is 0. The molecule has 0 aliphatic rings. The molecule has 5 rings (SSSR count). The van der Waals surface area contributed by atoms with Crippen LogP contribution < -0.4 is 5.32 Å². The fourth-order valence-corrected chi connectivity index (χ4v) is 3.34. The van der Waals surface area contributed by atoms with Crippen LogP contribution in [0, 0.1) is 6.92 Å². The average molecular weight is 386 g/mol. The van der Waals surface area contributed by atoms with Crippen molar-refractivity contribution in [1.29, 1.82) is 0 Å². The molecule has 0 fully saturated rings. The van der Waals surface area contributed by atoms with Gasteiger partial charge in [-0.25, -0.2) is 24.9 Å². The van der Waals surface area contributed by atoms with Crippen LogP contribution in [0.1, 0.15) is 5.69 Å². The summed E-state index contributed by atoms with van der Waals surface area (Å²) in [4.78, 5) is 25.8. The number of rotatable bonds is 5. The van der Waals surface area contributed by atoms with Crippen LogP contribution in [0.25, 0.3) is 39.4 Å². The van der Waals surface area contributed by atoms with E-state index < -0.39 is 0 Å². The lowest BCUT2D eigenvalue weighted by atomic mass is 10.3. The van der Waals surface area contributed by atoms with Gasteiger partial charge >= 0.3 is 0 Å². The Labute approximate surface area is 165 Å². The molecule has 5 heterocycles. The van der Waals surface area contributed by atoms with Crippen LogP contribution in [0.2, 0.25) is 0 Å². The molecule has 9 heteroatoms. The number of aliphatic hydroxyl groups is 1. The minimum Gasteiger partial charge on any atom is -0.395 e. The Balaban J connectivity index is 1.72. The summed E-state index contributed by atoms with van der Waals surface area (Å²) < 4.78 is 1.96. The maximum absolute atomic E-state index is 9.11. The highest BCUT2D eigenvalue weighted by Gasteiger charge is 2.16. The maximum Gasteiger partial charge on any atom is 0.182 e. The first-order valence-electron chi connectivity index (χ1n) is 9.21. The number of fused-ring (bicyclic) bond motifs is 2. The minimum absolute atomic E-state index is 0.0332. The molecule has 0 amide bonds. The molecule has 3 N–H and O–H groups in total. The van der Waals surface area contributed by atoms with E-state index in [0.717, 1.165) is 16.6 Å². The van der Waals surface area contributed by atoms with Gasteiger partial charge in [-0.05, 0) is 31.2 Å². The van der Waals surface area contributed by atoms with Gasteiger partial charge in [0.15, 0.2) is 22.8 Å². The van der Waals surface area contributed by atoms with Crippen LogP contribution in [0.3, 0.4) is 0 Å². The molecule has 0 aromatic carbocycles. The quantitative estimate of drug-likeness (QED) is 0.425. The summed E-state index contributed by atoms with van der Waals surface area (Å²) in [5.74, 6) is 1.89. The lowest BCUT2D eigenvalue weighted by Gasteiger charge is -2.09. The fraction of sp³-hybridized carbons (Fsp3) is 0.150. The highest BCUT2D eigenvalue weighted by Crippen LogP contribution is 2.28. The number of aromatic nitrogens is 7. The zero-order valence-electron chi connectivity index (χ0n) is 15.7. The summed E-state index contributed by atoms with van der Waals surface area (Å²) in [6, 6.07) is 9.65. The van der Waals surface area contributed by atoms with Gasteiger partial charge in [0.05, 0.1) is 18.5 Å². The number of nitrogens with zero attached hydrogens (tertiary/aromatic N) is 6. The summed E-state index contributed by atoms with van der Waals surface area (Å²) in [6.45, 7) is 2.40. The van der Waals surface area contributed by atoms with Crippen molar-refractivity contribution in [1.82, 2.24) is 34.5 Å². The fourth-order valence-electron chi connectivity index (χ4n) is 3.34. The van der Waals surface area contributed by atoms with Gasteiger partial charge in [-0.15, -0.1) is 0 Å². The normalized spacial score (nSPS) is 11.4. The Bertz CT molecular complexity index is 1320. The van der Waals surface area contributed by atoms with E-state index in [2.05, 4.69) is 30.2 Å². The van der Waals surface area contributed by atoms with Crippen molar-refractivity contribution in [2.45, 2.75) is 6.92 Å². The van der Waals surface area contributed by atoms with E-state index in [0.29, 0.717) is 40.9 Å². The van der Waals surface area contributed by atoms with Crippen molar-refractivity contribution in [3.63, 3.8) is 0 Å². The molecular formula is C20H18N8O. The Morgan fingerprint density at radius 2 is 2.03 bits per heavy atom. The topological polar surface area (TPSA) is 117 Å². The lowest BCUT2D eigenvalue weighted by Crippen LogP contribution is -2.07. The molecule has 0 saturated carbocycles. The molecule has 0 saturated heterocycles. The first kappa shape index (κ1) is 17.3.